The minimum absolute atomic E-state index is 0.00859. The van der Waals surface area contributed by atoms with Crippen LogP contribution in [-0.4, -0.2) is 32.7 Å². The molecular weight excluding hydrogens is 413 g/mol. The third kappa shape index (κ3) is 5.69. The Morgan fingerprint density at radius 3 is 2.22 bits per heavy atom. The van der Waals surface area contributed by atoms with Gasteiger partial charge >= 0.3 is 5.97 Å². The molecule has 0 aliphatic heterocycles. The van der Waals surface area contributed by atoms with Crippen molar-refractivity contribution in [1.29, 1.82) is 0 Å². The number of rotatable bonds is 5. The quantitative estimate of drug-likeness (QED) is 0.727. The molecule has 2 rings (SSSR count). The molecule has 0 radical (unpaired) electrons. The third-order valence-corrected chi connectivity index (χ3v) is 5.19. The van der Waals surface area contributed by atoms with Crippen LogP contribution < -0.4 is 5.32 Å². The van der Waals surface area contributed by atoms with E-state index in [9.17, 15) is 18.0 Å². The number of aryl methyl sites for hydroxylation is 1. The second-order valence-corrected chi connectivity index (χ2v) is 8.83. The maximum Gasteiger partial charge on any atom is 0.339 e. The van der Waals surface area contributed by atoms with E-state index in [0.717, 1.165) is 6.26 Å². The van der Waals surface area contributed by atoms with Gasteiger partial charge in [0.1, 0.15) is 0 Å². The fraction of sp³-hybridized carbons (Fsp3) is 0.222. The molecule has 2 aromatic rings. The average Bonchev–Trinajstić information content (AvgIpc) is 2.52. The molecule has 0 heterocycles. The Hall–Kier alpha value is -2.09. The third-order valence-electron chi connectivity index (χ3n) is 3.64. The van der Waals surface area contributed by atoms with Crippen molar-refractivity contribution in [2.24, 2.45) is 0 Å². The highest BCUT2D eigenvalue weighted by Gasteiger charge is 2.22. The SMILES string of the molecule is Cc1ccc(S(C)(=O)=O)cc1C(=O)OC(C)C(=O)Nc1cc(Cl)cc(Cl)c1. The van der Waals surface area contributed by atoms with Gasteiger partial charge in [-0.25, -0.2) is 13.2 Å². The molecule has 0 saturated carbocycles. The maximum absolute atomic E-state index is 12.4. The van der Waals surface area contributed by atoms with Gasteiger partial charge < -0.3 is 10.1 Å². The summed E-state index contributed by atoms with van der Waals surface area (Å²) < 4.78 is 28.5. The fourth-order valence-electron chi connectivity index (χ4n) is 2.20. The second-order valence-electron chi connectivity index (χ2n) is 5.94. The number of benzene rings is 2. The van der Waals surface area contributed by atoms with Gasteiger partial charge in [0, 0.05) is 22.0 Å². The van der Waals surface area contributed by atoms with Crippen molar-refractivity contribution in [2.45, 2.75) is 24.8 Å². The van der Waals surface area contributed by atoms with Crippen LogP contribution >= 0.6 is 23.2 Å². The zero-order valence-corrected chi connectivity index (χ0v) is 17.1. The number of hydrogen-bond donors (Lipinski definition) is 1. The zero-order valence-electron chi connectivity index (χ0n) is 14.7. The van der Waals surface area contributed by atoms with Crippen molar-refractivity contribution >= 4 is 50.6 Å². The lowest BCUT2D eigenvalue weighted by Crippen LogP contribution is -2.30. The molecule has 0 spiro atoms. The first-order valence-electron chi connectivity index (χ1n) is 7.76. The van der Waals surface area contributed by atoms with E-state index in [1.54, 1.807) is 6.92 Å². The van der Waals surface area contributed by atoms with Crippen LogP contribution in [0, 0.1) is 6.92 Å². The zero-order chi connectivity index (χ0) is 20.4. The van der Waals surface area contributed by atoms with Crippen LogP contribution in [0.25, 0.3) is 0 Å². The Bertz CT molecular complexity index is 985. The molecule has 0 bridgehead atoms. The molecule has 0 aliphatic rings. The Morgan fingerprint density at radius 1 is 1.07 bits per heavy atom. The van der Waals surface area contributed by atoms with Crippen molar-refractivity contribution < 1.29 is 22.7 Å². The summed E-state index contributed by atoms with van der Waals surface area (Å²) in [6.07, 6.45) is -0.0875. The Kier molecular flexibility index (Phi) is 6.51. The summed E-state index contributed by atoms with van der Waals surface area (Å²) in [6.45, 7) is 3.04. The van der Waals surface area contributed by atoms with E-state index in [1.165, 1.54) is 43.3 Å². The summed E-state index contributed by atoms with van der Waals surface area (Å²) in [4.78, 5) is 24.6. The highest BCUT2D eigenvalue weighted by atomic mass is 35.5. The summed E-state index contributed by atoms with van der Waals surface area (Å²) in [6, 6.07) is 8.65. The van der Waals surface area contributed by atoms with Crippen molar-refractivity contribution in [3.8, 4) is 0 Å². The Morgan fingerprint density at radius 2 is 1.67 bits per heavy atom. The number of nitrogens with one attached hydrogen (secondary N) is 1. The first kappa shape index (κ1) is 21.2. The van der Waals surface area contributed by atoms with Gasteiger partial charge in [-0.2, -0.15) is 0 Å². The molecule has 6 nitrogen and oxygen atoms in total. The van der Waals surface area contributed by atoms with Crippen molar-refractivity contribution in [3.05, 3.63) is 57.6 Å². The molecule has 0 saturated heterocycles. The van der Waals surface area contributed by atoms with E-state index in [4.69, 9.17) is 27.9 Å². The smallest absolute Gasteiger partial charge is 0.339 e. The number of carbonyl (C=O) groups is 2. The normalized spacial score (nSPS) is 12.3. The lowest BCUT2D eigenvalue weighted by atomic mass is 10.1. The summed E-state index contributed by atoms with van der Waals surface area (Å²) in [5, 5.41) is 3.24. The summed E-state index contributed by atoms with van der Waals surface area (Å²) in [5.41, 5.74) is 0.959. The number of hydrogen-bond acceptors (Lipinski definition) is 5. The molecule has 9 heteroatoms. The summed E-state index contributed by atoms with van der Waals surface area (Å²) in [7, 11) is -3.48. The number of ether oxygens (including phenoxy) is 1. The van der Waals surface area contributed by atoms with Crippen molar-refractivity contribution in [1.82, 2.24) is 0 Å². The van der Waals surface area contributed by atoms with Gasteiger partial charge in [0.25, 0.3) is 5.91 Å². The maximum atomic E-state index is 12.4. The number of sulfone groups is 1. The van der Waals surface area contributed by atoms with Crippen LogP contribution in [0.1, 0.15) is 22.8 Å². The fourth-order valence-corrected chi connectivity index (χ4v) is 3.37. The minimum Gasteiger partial charge on any atom is -0.449 e. The van der Waals surface area contributed by atoms with Gasteiger partial charge in [-0.15, -0.1) is 0 Å². The van der Waals surface area contributed by atoms with Gasteiger partial charge in [0.05, 0.1) is 10.5 Å². The molecule has 0 fully saturated rings. The number of carbonyl (C=O) groups excluding carboxylic acids is 2. The largest absolute Gasteiger partial charge is 0.449 e. The van der Waals surface area contributed by atoms with E-state index in [1.807, 2.05) is 0 Å². The van der Waals surface area contributed by atoms with Gasteiger partial charge in [0.15, 0.2) is 15.9 Å². The molecule has 1 unspecified atom stereocenters. The topological polar surface area (TPSA) is 89.5 Å². The Balaban J connectivity index is 2.14. The molecule has 0 aromatic heterocycles. The number of halogens is 2. The molecule has 2 aromatic carbocycles. The molecular formula is C18H17Cl2NO5S. The van der Waals surface area contributed by atoms with Crippen LogP contribution in [0.15, 0.2) is 41.3 Å². The van der Waals surface area contributed by atoms with E-state index in [2.05, 4.69) is 5.32 Å². The lowest BCUT2D eigenvalue weighted by Gasteiger charge is -2.15. The van der Waals surface area contributed by atoms with Crippen molar-refractivity contribution in [3.63, 3.8) is 0 Å². The first-order chi connectivity index (χ1) is 12.5. The van der Waals surface area contributed by atoms with Crippen LogP contribution in [-0.2, 0) is 19.4 Å². The van der Waals surface area contributed by atoms with Crippen molar-refractivity contribution in [2.75, 3.05) is 11.6 Å². The average molecular weight is 430 g/mol. The van der Waals surface area contributed by atoms with Crippen LogP contribution in [0.3, 0.4) is 0 Å². The summed E-state index contributed by atoms with van der Waals surface area (Å²) >= 11 is 11.8. The lowest BCUT2D eigenvalue weighted by molar-refractivity contribution is -0.123. The molecule has 27 heavy (non-hydrogen) atoms. The monoisotopic (exact) mass is 429 g/mol. The van der Waals surface area contributed by atoms with Gasteiger partial charge in [-0.3, -0.25) is 4.79 Å². The van der Waals surface area contributed by atoms with Gasteiger partial charge in [-0.05, 0) is 49.7 Å². The first-order valence-corrected chi connectivity index (χ1v) is 10.4. The standard InChI is InChI=1S/C18H17Cl2NO5S/c1-10-4-5-15(27(3,24)25)9-16(10)18(23)26-11(2)17(22)21-14-7-12(19)6-13(20)8-14/h4-9,11H,1-3H3,(H,21,22). The van der Waals surface area contributed by atoms with E-state index >= 15 is 0 Å². The van der Waals surface area contributed by atoms with Crippen LogP contribution in [0.2, 0.25) is 10.0 Å². The molecule has 144 valence electrons. The molecule has 1 N–H and O–H groups in total. The predicted octanol–water partition coefficient (Wildman–Crippen LogP) is 3.89. The highest BCUT2D eigenvalue weighted by Crippen LogP contribution is 2.23. The second kappa shape index (κ2) is 8.29. The van der Waals surface area contributed by atoms with E-state index in [-0.39, 0.29) is 10.5 Å². The molecule has 1 atom stereocenters. The van der Waals surface area contributed by atoms with Gasteiger partial charge in [-0.1, -0.05) is 29.3 Å². The minimum atomic E-state index is -3.48. The van der Waals surface area contributed by atoms with Crippen LogP contribution in [0.5, 0.6) is 0 Å². The Labute approximate surface area is 167 Å². The number of esters is 1. The van der Waals surface area contributed by atoms with E-state index < -0.39 is 27.8 Å². The predicted molar refractivity (Wildman–Crippen MR) is 104 cm³/mol. The van der Waals surface area contributed by atoms with Gasteiger partial charge in [0.2, 0.25) is 0 Å². The number of amides is 1. The molecule has 1 amide bonds. The molecule has 0 aliphatic carbocycles. The van der Waals surface area contributed by atoms with Crippen LogP contribution in [0.4, 0.5) is 5.69 Å². The highest BCUT2D eigenvalue weighted by molar-refractivity contribution is 7.90. The number of anilines is 1. The summed E-state index contributed by atoms with van der Waals surface area (Å²) in [5.74, 6) is -1.39. The van der Waals surface area contributed by atoms with E-state index in [0.29, 0.717) is 21.3 Å².